The first-order valence-electron chi connectivity index (χ1n) is 8.79. The summed E-state index contributed by atoms with van der Waals surface area (Å²) in [5, 5.41) is 12.3. The highest BCUT2D eigenvalue weighted by Crippen LogP contribution is 2.13. The zero-order valence-corrected chi connectivity index (χ0v) is 16.9. The van der Waals surface area contributed by atoms with Gasteiger partial charge < -0.3 is 15.2 Å². The molecule has 1 aromatic carbocycles. The van der Waals surface area contributed by atoms with Gasteiger partial charge in [0.15, 0.2) is 6.10 Å². The van der Waals surface area contributed by atoms with Crippen LogP contribution in [-0.2, 0) is 30.3 Å². The van der Waals surface area contributed by atoms with E-state index < -0.39 is 22.2 Å². The lowest BCUT2D eigenvalue weighted by Gasteiger charge is -2.11. The first-order chi connectivity index (χ1) is 12.7. The molecule has 0 unspecified atom stereocenters. The van der Waals surface area contributed by atoms with Crippen LogP contribution >= 0.6 is 0 Å². The van der Waals surface area contributed by atoms with Crippen molar-refractivity contribution >= 4 is 21.8 Å². The van der Waals surface area contributed by atoms with Gasteiger partial charge in [-0.2, -0.15) is 8.42 Å². The highest BCUT2D eigenvalue weighted by molar-refractivity contribution is 7.85. The summed E-state index contributed by atoms with van der Waals surface area (Å²) >= 11 is 0. The average molecular weight is 400 g/mol. The number of carbonyl (C=O) groups is 1. The number of aliphatic carboxylic acids is 1. The normalized spacial score (nSPS) is 13.4. The molecule has 2 N–H and O–H groups in total. The molecule has 0 saturated heterocycles. The Balaban J connectivity index is 2.26. The quantitative estimate of drug-likeness (QED) is 0.299. The van der Waals surface area contributed by atoms with Crippen LogP contribution in [0.3, 0.4) is 0 Å². The van der Waals surface area contributed by atoms with Crippen LogP contribution in [0.15, 0.2) is 35.9 Å². The van der Waals surface area contributed by atoms with Crippen LogP contribution < -0.4 is 5.32 Å². The maximum atomic E-state index is 11.0. The van der Waals surface area contributed by atoms with Crippen LogP contribution in [0.25, 0.3) is 0 Å². The van der Waals surface area contributed by atoms with E-state index in [1.54, 1.807) is 0 Å². The van der Waals surface area contributed by atoms with E-state index in [9.17, 15) is 13.2 Å². The highest BCUT2D eigenvalue weighted by Gasteiger charge is 2.16. The fourth-order valence-corrected chi connectivity index (χ4v) is 2.75. The zero-order chi connectivity index (χ0) is 20.3. The van der Waals surface area contributed by atoms with E-state index in [2.05, 4.69) is 5.32 Å². The van der Waals surface area contributed by atoms with Crippen LogP contribution in [-0.4, -0.2) is 52.1 Å². The third-order valence-electron chi connectivity index (χ3n) is 3.89. The molecule has 1 rings (SSSR count). The van der Waals surface area contributed by atoms with Crippen LogP contribution in [0.1, 0.15) is 31.7 Å². The molecule has 1 aromatic rings. The zero-order valence-electron chi connectivity index (χ0n) is 16.1. The third-order valence-corrected chi connectivity index (χ3v) is 4.43. The van der Waals surface area contributed by atoms with E-state index >= 15 is 0 Å². The summed E-state index contributed by atoms with van der Waals surface area (Å²) in [5.74, 6) is -0.966. The summed E-state index contributed by atoms with van der Waals surface area (Å²) in [6.07, 6.45) is 5.37. The number of carboxylic acid groups (broad SMARTS) is 1. The molecule has 0 heterocycles. The van der Waals surface area contributed by atoms with Crippen molar-refractivity contribution in [2.24, 2.45) is 0 Å². The Morgan fingerprint density at radius 3 is 2.48 bits per heavy atom. The van der Waals surface area contributed by atoms with Crippen LogP contribution in [0.4, 0.5) is 5.69 Å². The van der Waals surface area contributed by atoms with E-state index in [4.69, 9.17) is 14.0 Å². The predicted molar refractivity (Wildman–Crippen MR) is 105 cm³/mol. The van der Waals surface area contributed by atoms with Gasteiger partial charge in [0, 0.05) is 25.8 Å². The van der Waals surface area contributed by atoms with Gasteiger partial charge in [-0.3, -0.25) is 4.18 Å². The Hall–Kier alpha value is -1.90. The van der Waals surface area contributed by atoms with Crippen LogP contribution in [0.2, 0.25) is 0 Å². The number of carboxylic acids is 1. The van der Waals surface area contributed by atoms with E-state index in [1.807, 2.05) is 37.3 Å². The van der Waals surface area contributed by atoms with Gasteiger partial charge in [-0.05, 0) is 43.9 Å². The number of rotatable bonds is 13. The van der Waals surface area contributed by atoms with Crippen molar-refractivity contribution < 1.29 is 27.2 Å². The topological polar surface area (TPSA) is 102 Å². The molecule has 7 nitrogen and oxygen atoms in total. The predicted octanol–water partition coefficient (Wildman–Crippen LogP) is 2.83. The van der Waals surface area contributed by atoms with Gasteiger partial charge in [0.1, 0.15) is 0 Å². The second-order valence-electron chi connectivity index (χ2n) is 6.40. The van der Waals surface area contributed by atoms with Gasteiger partial charge in [-0.1, -0.05) is 23.8 Å². The van der Waals surface area contributed by atoms with Crippen molar-refractivity contribution in [1.29, 1.82) is 0 Å². The molecule has 0 aliphatic carbocycles. The number of nitrogens with one attached hydrogen (secondary N) is 1. The van der Waals surface area contributed by atoms with Crippen LogP contribution in [0, 0.1) is 0 Å². The highest BCUT2D eigenvalue weighted by atomic mass is 32.2. The second kappa shape index (κ2) is 11.7. The first-order valence-corrected chi connectivity index (χ1v) is 10.6. The number of benzene rings is 1. The summed E-state index contributed by atoms with van der Waals surface area (Å²) in [6, 6.07) is 7.64. The minimum atomic E-state index is -3.39. The van der Waals surface area contributed by atoms with Crippen molar-refractivity contribution in [2.75, 3.05) is 31.8 Å². The molecular formula is C19H29NO6S. The molecule has 152 valence electrons. The van der Waals surface area contributed by atoms with E-state index in [0.29, 0.717) is 6.42 Å². The lowest BCUT2D eigenvalue weighted by Crippen LogP contribution is -2.24. The second-order valence-corrected chi connectivity index (χ2v) is 8.05. The number of methoxy groups -OCH3 is 1. The number of ether oxygens (including phenoxy) is 1. The van der Waals surface area contributed by atoms with Gasteiger partial charge >= 0.3 is 5.97 Å². The SMILES string of the molecule is CO[C@@H](Cc1ccc(NCCCCC=C(C)COS(C)(=O)=O)cc1)C(=O)O. The average Bonchev–Trinajstić information content (AvgIpc) is 2.61. The molecular weight excluding hydrogens is 370 g/mol. The molecule has 0 amide bonds. The van der Waals surface area contributed by atoms with Crippen LogP contribution in [0.5, 0.6) is 0 Å². The van der Waals surface area contributed by atoms with E-state index in [-0.39, 0.29) is 6.61 Å². The van der Waals surface area contributed by atoms with Gasteiger partial charge in [-0.25, -0.2) is 4.79 Å². The number of anilines is 1. The minimum absolute atomic E-state index is 0.106. The maximum Gasteiger partial charge on any atom is 0.333 e. The number of hydrogen-bond acceptors (Lipinski definition) is 6. The van der Waals surface area contributed by atoms with E-state index in [1.165, 1.54) is 7.11 Å². The molecule has 8 heteroatoms. The van der Waals surface area contributed by atoms with Crippen molar-refractivity contribution in [2.45, 2.75) is 38.7 Å². The van der Waals surface area contributed by atoms with Crippen molar-refractivity contribution in [3.05, 3.63) is 41.5 Å². The molecule has 0 aromatic heterocycles. The standard InChI is InChI=1S/C19H29NO6S/c1-15(14-26-27(3,23)24)7-5-4-6-12-20-17-10-8-16(9-11-17)13-18(25-2)19(21)22/h7-11,18,20H,4-6,12-14H2,1-3H3,(H,21,22)/t18-/m0/s1. The van der Waals surface area contributed by atoms with Gasteiger partial charge in [0.05, 0.1) is 12.9 Å². The molecule has 27 heavy (non-hydrogen) atoms. The van der Waals surface area contributed by atoms with Gasteiger partial charge in [0.25, 0.3) is 10.1 Å². The van der Waals surface area contributed by atoms with E-state index in [0.717, 1.165) is 48.9 Å². The summed E-state index contributed by atoms with van der Waals surface area (Å²) in [4.78, 5) is 11.0. The Kier molecular flexibility index (Phi) is 10.1. The molecule has 0 bridgehead atoms. The lowest BCUT2D eigenvalue weighted by molar-refractivity contribution is -0.148. The lowest BCUT2D eigenvalue weighted by atomic mass is 10.1. The Morgan fingerprint density at radius 2 is 1.93 bits per heavy atom. The fourth-order valence-electron chi connectivity index (χ4n) is 2.35. The van der Waals surface area contributed by atoms with Gasteiger partial charge in [-0.15, -0.1) is 0 Å². The van der Waals surface area contributed by atoms with Gasteiger partial charge in [0.2, 0.25) is 0 Å². The number of hydrogen-bond donors (Lipinski definition) is 2. The molecule has 0 radical (unpaired) electrons. The molecule has 0 aliphatic rings. The fraction of sp³-hybridized carbons (Fsp3) is 0.526. The smallest absolute Gasteiger partial charge is 0.333 e. The largest absolute Gasteiger partial charge is 0.479 e. The molecule has 0 fully saturated rings. The molecule has 0 saturated carbocycles. The summed E-state index contributed by atoms with van der Waals surface area (Å²) in [5.41, 5.74) is 2.79. The molecule has 1 atom stereocenters. The Bertz CT molecular complexity index is 712. The number of unbranched alkanes of at least 4 members (excludes halogenated alkanes) is 2. The first kappa shape index (κ1) is 23.1. The summed E-state index contributed by atoms with van der Waals surface area (Å²) < 4.78 is 31.5. The number of allylic oxidation sites excluding steroid dienone is 1. The Morgan fingerprint density at radius 1 is 1.26 bits per heavy atom. The minimum Gasteiger partial charge on any atom is -0.479 e. The maximum absolute atomic E-state index is 11.0. The monoisotopic (exact) mass is 399 g/mol. The summed E-state index contributed by atoms with van der Waals surface area (Å²) in [6.45, 7) is 2.78. The summed E-state index contributed by atoms with van der Waals surface area (Å²) in [7, 11) is -2.00. The van der Waals surface area contributed by atoms with Crippen molar-refractivity contribution in [3.63, 3.8) is 0 Å². The van der Waals surface area contributed by atoms with Crippen molar-refractivity contribution in [1.82, 2.24) is 0 Å². The van der Waals surface area contributed by atoms with Crippen molar-refractivity contribution in [3.8, 4) is 0 Å². The Labute approximate surface area is 161 Å². The third kappa shape index (κ3) is 10.7. The molecule has 0 aliphatic heterocycles. The molecule has 0 spiro atoms.